The Hall–Kier alpha value is -1.87. The monoisotopic (exact) mass is 847 g/mol. The molecule has 1 rings (SSSR count). The number of unbranched alkanes of at least 4 members (excludes halogenated alkanes) is 22. The number of esters is 2. The first-order valence-corrected chi connectivity index (χ1v) is 24.5. The van der Waals surface area contributed by atoms with Crippen LogP contribution in [0.2, 0.25) is 0 Å². The van der Waals surface area contributed by atoms with Crippen LogP contribution in [0.5, 0.6) is 0 Å². The minimum atomic E-state index is -4.60. The molecular weight excluding hydrogens is 765 g/mol. The van der Waals surface area contributed by atoms with Crippen molar-refractivity contribution in [2.75, 3.05) is 19.0 Å². The summed E-state index contributed by atoms with van der Waals surface area (Å²) in [5.74, 6) is -2.00. The third kappa shape index (κ3) is 30.2. The number of aliphatic hydroxyl groups excluding tert-OH is 3. The lowest BCUT2D eigenvalue weighted by Crippen LogP contribution is -2.60. The molecule has 1 aliphatic rings. The van der Waals surface area contributed by atoms with Gasteiger partial charge in [-0.25, -0.2) is 0 Å². The second-order valence-corrected chi connectivity index (χ2v) is 17.6. The van der Waals surface area contributed by atoms with Crippen molar-refractivity contribution in [3.8, 4) is 0 Å². The molecule has 0 aromatic rings. The molecule has 1 aliphatic heterocycles. The van der Waals surface area contributed by atoms with Crippen LogP contribution >= 0.6 is 0 Å². The first-order valence-electron chi connectivity index (χ1n) is 22.9. The molecule has 58 heavy (non-hydrogen) atoms. The largest absolute Gasteiger partial charge is 0.462 e. The lowest BCUT2D eigenvalue weighted by atomic mass is 10.00. The first kappa shape index (κ1) is 54.1. The van der Waals surface area contributed by atoms with Gasteiger partial charge in [0.15, 0.2) is 12.4 Å². The van der Waals surface area contributed by atoms with E-state index in [0.717, 1.165) is 77.0 Å². The Morgan fingerprint density at radius 3 is 1.43 bits per heavy atom. The zero-order valence-electron chi connectivity index (χ0n) is 36.2. The minimum absolute atomic E-state index is 0.154. The van der Waals surface area contributed by atoms with E-state index < -0.39 is 71.2 Å². The molecule has 0 spiro atoms. The van der Waals surface area contributed by atoms with Gasteiger partial charge in [-0.2, -0.15) is 8.42 Å². The summed E-state index contributed by atoms with van der Waals surface area (Å²) < 4.78 is 54.0. The van der Waals surface area contributed by atoms with Crippen LogP contribution in [0.1, 0.15) is 194 Å². The molecule has 12 nitrogen and oxygen atoms in total. The number of rotatable bonds is 38. The highest BCUT2D eigenvalue weighted by molar-refractivity contribution is 7.85. The van der Waals surface area contributed by atoms with Crippen molar-refractivity contribution in [3.63, 3.8) is 0 Å². The quantitative estimate of drug-likeness (QED) is 0.0200. The maximum Gasteiger partial charge on any atom is 0.306 e. The van der Waals surface area contributed by atoms with E-state index in [1.807, 2.05) is 0 Å². The summed E-state index contributed by atoms with van der Waals surface area (Å²) in [5, 5.41) is 30.9. The SMILES string of the molecule is CCCCCCCC/C=C/CCCCCCCC(=O)OC[C@H](CO[C@H]1O[C@H](CS(=O)(=O)O)[C@@H](O)C(O)C1O)OC(=O)CCCCCCC/C=C/CCCCCCCC. The average Bonchev–Trinajstić information content (AvgIpc) is 3.18. The third-order valence-corrected chi connectivity index (χ3v) is 11.3. The van der Waals surface area contributed by atoms with Crippen LogP contribution in [0.15, 0.2) is 24.3 Å². The number of allylic oxidation sites excluding steroid dienone is 4. The van der Waals surface area contributed by atoms with E-state index in [9.17, 15) is 37.9 Å². The fourth-order valence-corrected chi connectivity index (χ4v) is 7.59. The van der Waals surface area contributed by atoms with Crippen molar-refractivity contribution in [3.05, 3.63) is 24.3 Å². The van der Waals surface area contributed by atoms with Crippen LogP contribution in [-0.4, -0.2) is 96.0 Å². The van der Waals surface area contributed by atoms with E-state index in [0.29, 0.717) is 12.8 Å². The highest BCUT2D eigenvalue weighted by atomic mass is 32.2. The van der Waals surface area contributed by atoms with Crippen molar-refractivity contribution in [1.82, 2.24) is 0 Å². The van der Waals surface area contributed by atoms with E-state index >= 15 is 0 Å². The van der Waals surface area contributed by atoms with Gasteiger partial charge >= 0.3 is 11.9 Å². The molecule has 4 N–H and O–H groups in total. The molecule has 0 bridgehead atoms. The first-order chi connectivity index (χ1) is 28.0. The van der Waals surface area contributed by atoms with E-state index in [1.54, 1.807) is 0 Å². The van der Waals surface area contributed by atoms with Gasteiger partial charge in [0.2, 0.25) is 0 Å². The van der Waals surface area contributed by atoms with Gasteiger partial charge < -0.3 is 34.3 Å². The molecule has 1 fully saturated rings. The van der Waals surface area contributed by atoms with E-state index in [-0.39, 0.29) is 19.4 Å². The van der Waals surface area contributed by atoms with Gasteiger partial charge in [-0.1, -0.05) is 141 Å². The molecular formula is C45H82O12S. The van der Waals surface area contributed by atoms with E-state index in [1.165, 1.54) is 77.0 Å². The number of carbonyl (C=O) groups is 2. The van der Waals surface area contributed by atoms with Gasteiger partial charge in [0.25, 0.3) is 10.1 Å². The Labute approximate surface area is 351 Å². The molecule has 0 saturated carbocycles. The molecule has 0 radical (unpaired) electrons. The molecule has 1 heterocycles. The fourth-order valence-electron chi connectivity index (χ4n) is 6.90. The van der Waals surface area contributed by atoms with Crippen molar-refractivity contribution in [2.24, 2.45) is 0 Å². The van der Waals surface area contributed by atoms with E-state index in [4.69, 9.17) is 18.9 Å². The zero-order chi connectivity index (χ0) is 42.7. The number of hydrogen-bond donors (Lipinski definition) is 4. The lowest BCUT2D eigenvalue weighted by Gasteiger charge is -2.40. The predicted molar refractivity (Wildman–Crippen MR) is 229 cm³/mol. The minimum Gasteiger partial charge on any atom is -0.462 e. The Morgan fingerprint density at radius 1 is 0.569 bits per heavy atom. The lowest BCUT2D eigenvalue weighted by molar-refractivity contribution is -0.297. The van der Waals surface area contributed by atoms with Crippen LogP contribution in [0.4, 0.5) is 0 Å². The molecule has 2 unspecified atom stereocenters. The average molecular weight is 847 g/mol. The molecule has 0 aliphatic carbocycles. The third-order valence-electron chi connectivity index (χ3n) is 10.5. The summed E-state index contributed by atoms with van der Waals surface area (Å²) in [5.41, 5.74) is 0. The summed E-state index contributed by atoms with van der Waals surface area (Å²) in [6.07, 6.45) is 29.3. The van der Waals surface area contributed by atoms with Crippen molar-refractivity contribution >= 4 is 22.1 Å². The smallest absolute Gasteiger partial charge is 0.306 e. The zero-order valence-corrected chi connectivity index (χ0v) is 37.0. The van der Waals surface area contributed by atoms with Crippen LogP contribution in [-0.2, 0) is 38.7 Å². The molecule has 1 saturated heterocycles. The molecule has 0 aromatic heterocycles. The van der Waals surface area contributed by atoms with Crippen LogP contribution in [0.25, 0.3) is 0 Å². The Morgan fingerprint density at radius 2 is 0.983 bits per heavy atom. The van der Waals surface area contributed by atoms with E-state index in [2.05, 4.69) is 38.2 Å². The normalized spacial score (nSPS) is 20.6. The van der Waals surface area contributed by atoms with Crippen LogP contribution in [0, 0.1) is 0 Å². The summed E-state index contributed by atoms with van der Waals surface area (Å²) in [4.78, 5) is 25.4. The predicted octanol–water partition coefficient (Wildman–Crippen LogP) is 9.23. The van der Waals surface area contributed by atoms with Crippen LogP contribution < -0.4 is 0 Å². The van der Waals surface area contributed by atoms with Gasteiger partial charge in [-0.05, 0) is 64.2 Å². The van der Waals surface area contributed by atoms with Crippen molar-refractivity contribution in [2.45, 2.75) is 230 Å². The van der Waals surface area contributed by atoms with Gasteiger partial charge in [0, 0.05) is 12.8 Å². The molecule has 0 aromatic carbocycles. The van der Waals surface area contributed by atoms with Crippen LogP contribution in [0.3, 0.4) is 0 Å². The second-order valence-electron chi connectivity index (χ2n) is 16.1. The summed E-state index contributed by atoms with van der Waals surface area (Å²) in [6.45, 7) is 3.74. The topological polar surface area (TPSA) is 186 Å². The molecule has 13 heteroatoms. The maximum atomic E-state index is 12.8. The Bertz CT molecular complexity index is 1180. The highest BCUT2D eigenvalue weighted by Crippen LogP contribution is 2.24. The molecule has 6 atom stereocenters. The Kier molecular flexibility index (Phi) is 33.5. The standard InChI is InChI=1S/C45H82O12S/c1-3-5-7-9-11-13-15-17-19-21-23-25-27-29-31-33-40(46)54-35-38(36-55-45-44(50)43(49)42(48)39(57-45)37-58(51,52)53)56-41(47)34-32-30-28-26-24-22-20-18-16-14-12-10-8-6-4-2/h17-20,38-39,42-45,48-50H,3-16,21-37H2,1-2H3,(H,51,52,53)/b19-17+,20-18+/t38-,39-,42-,43?,44?,45+/m1/s1. The van der Waals surface area contributed by atoms with Gasteiger partial charge in [-0.3, -0.25) is 14.1 Å². The summed E-state index contributed by atoms with van der Waals surface area (Å²) in [7, 11) is -4.60. The maximum absolute atomic E-state index is 12.8. The van der Waals surface area contributed by atoms with Crippen molar-refractivity contribution < 1.29 is 56.8 Å². The fraction of sp³-hybridized carbons (Fsp3) is 0.867. The highest BCUT2D eigenvalue weighted by Gasteiger charge is 2.46. The molecule has 340 valence electrons. The summed E-state index contributed by atoms with van der Waals surface area (Å²) in [6, 6.07) is 0. The van der Waals surface area contributed by atoms with Gasteiger partial charge in [-0.15, -0.1) is 0 Å². The van der Waals surface area contributed by atoms with Crippen molar-refractivity contribution in [1.29, 1.82) is 0 Å². The number of ether oxygens (including phenoxy) is 4. The Balaban J connectivity index is 2.46. The number of hydrogen-bond acceptors (Lipinski definition) is 11. The van der Waals surface area contributed by atoms with Gasteiger partial charge in [0.1, 0.15) is 36.8 Å². The second kappa shape index (κ2) is 35.8. The number of carbonyl (C=O) groups excluding carboxylic acids is 2. The van der Waals surface area contributed by atoms with Gasteiger partial charge in [0.05, 0.1) is 6.61 Å². The molecule has 0 amide bonds. The summed E-state index contributed by atoms with van der Waals surface area (Å²) >= 11 is 0. The number of aliphatic hydroxyl groups is 3.